The molecule has 3 rings (SSSR count). The average Bonchev–Trinajstić information content (AvgIpc) is 3.10. The number of halogens is 3. The van der Waals surface area contributed by atoms with E-state index in [2.05, 4.69) is 5.32 Å². The predicted molar refractivity (Wildman–Crippen MR) is 122 cm³/mol. The molecule has 0 aromatic heterocycles. The number of nitrogens with one attached hydrogen (secondary N) is 2. The van der Waals surface area contributed by atoms with E-state index in [-0.39, 0.29) is 31.8 Å². The Hall–Kier alpha value is -3.56. The molecule has 0 saturated heterocycles. The van der Waals surface area contributed by atoms with Crippen molar-refractivity contribution in [2.75, 3.05) is 6.61 Å². The van der Waals surface area contributed by atoms with Crippen molar-refractivity contribution in [2.24, 2.45) is 0 Å². The number of alkyl halides is 3. The smallest absolute Gasteiger partial charge is 0.407 e. The summed E-state index contributed by atoms with van der Waals surface area (Å²) in [4.78, 5) is 35.5. The molecular weight excluding hydrogens is 465 g/mol. The Morgan fingerprint density at radius 1 is 1.00 bits per heavy atom. The highest BCUT2D eigenvalue weighted by Gasteiger charge is 2.37. The Kier molecular flexibility index (Phi) is 8.37. The van der Waals surface area contributed by atoms with E-state index < -0.39 is 42.7 Å². The summed E-state index contributed by atoms with van der Waals surface area (Å²) in [5.41, 5.74) is 3.90. The molecule has 0 aliphatic heterocycles. The number of carbonyl (C=O) groups excluding carboxylic acids is 2. The summed E-state index contributed by atoms with van der Waals surface area (Å²) in [5.74, 6) is -2.30. The van der Waals surface area contributed by atoms with Crippen molar-refractivity contribution in [3.63, 3.8) is 0 Å². The number of carbonyl (C=O) groups is 3. The lowest BCUT2D eigenvalue weighted by molar-refractivity contribution is -0.149. The number of rotatable bonds is 10. The summed E-state index contributed by atoms with van der Waals surface area (Å²) in [7, 11) is 0. The maximum absolute atomic E-state index is 13.1. The molecular formula is C25H27F3N2O5. The van der Waals surface area contributed by atoms with Gasteiger partial charge in [0.15, 0.2) is 0 Å². The summed E-state index contributed by atoms with van der Waals surface area (Å²) in [5, 5.41) is 13.1. The fourth-order valence-corrected chi connectivity index (χ4v) is 4.20. The summed E-state index contributed by atoms with van der Waals surface area (Å²) in [6, 6.07) is 12.8. The van der Waals surface area contributed by atoms with Crippen molar-refractivity contribution in [3.8, 4) is 11.1 Å². The van der Waals surface area contributed by atoms with Gasteiger partial charge in [0.2, 0.25) is 5.91 Å². The van der Waals surface area contributed by atoms with Gasteiger partial charge in [0.25, 0.3) is 0 Å². The zero-order valence-corrected chi connectivity index (χ0v) is 19.1. The number of carboxylic acids is 1. The quantitative estimate of drug-likeness (QED) is 0.450. The summed E-state index contributed by atoms with van der Waals surface area (Å²) in [6.07, 6.45) is -7.00. The number of benzene rings is 2. The minimum absolute atomic E-state index is 0.105. The molecule has 0 saturated carbocycles. The molecule has 2 unspecified atom stereocenters. The van der Waals surface area contributed by atoms with E-state index in [1.807, 2.05) is 53.8 Å². The number of amides is 2. The topological polar surface area (TPSA) is 105 Å². The summed E-state index contributed by atoms with van der Waals surface area (Å²) in [6.45, 7) is 1.45. The van der Waals surface area contributed by atoms with E-state index >= 15 is 0 Å². The van der Waals surface area contributed by atoms with Crippen LogP contribution in [0, 0.1) is 0 Å². The van der Waals surface area contributed by atoms with Crippen LogP contribution in [0.3, 0.4) is 0 Å². The minimum atomic E-state index is -4.70. The first-order valence-corrected chi connectivity index (χ1v) is 11.3. The second-order valence-corrected chi connectivity index (χ2v) is 8.54. The Bertz CT molecular complexity index is 1030. The zero-order chi connectivity index (χ0) is 25.6. The molecule has 35 heavy (non-hydrogen) atoms. The Morgan fingerprint density at radius 3 is 2.11 bits per heavy atom. The van der Waals surface area contributed by atoms with Gasteiger partial charge >= 0.3 is 18.2 Å². The van der Waals surface area contributed by atoms with Crippen LogP contribution < -0.4 is 10.6 Å². The van der Waals surface area contributed by atoms with Crippen molar-refractivity contribution in [1.82, 2.24) is 10.6 Å². The van der Waals surface area contributed by atoms with Gasteiger partial charge in [-0.1, -0.05) is 48.5 Å². The number of carboxylic acid groups (broad SMARTS) is 1. The monoisotopic (exact) mass is 492 g/mol. The van der Waals surface area contributed by atoms with E-state index in [1.165, 1.54) is 0 Å². The number of fused-ring (bicyclic) bond motifs is 3. The third-order valence-corrected chi connectivity index (χ3v) is 5.80. The van der Waals surface area contributed by atoms with Gasteiger partial charge in [0.05, 0.1) is 6.42 Å². The number of aliphatic carboxylic acids is 1. The van der Waals surface area contributed by atoms with E-state index in [0.29, 0.717) is 0 Å². The van der Waals surface area contributed by atoms with E-state index in [1.54, 1.807) is 6.92 Å². The largest absolute Gasteiger partial charge is 0.481 e. The predicted octanol–water partition coefficient (Wildman–Crippen LogP) is 4.61. The van der Waals surface area contributed by atoms with Crippen LogP contribution in [0.2, 0.25) is 0 Å². The van der Waals surface area contributed by atoms with Crippen molar-refractivity contribution >= 4 is 18.0 Å². The van der Waals surface area contributed by atoms with Crippen molar-refractivity contribution in [2.45, 2.75) is 56.8 Å². The van der Waals surface area contributed by atoms with Crippen LogP contribution in [-0.4, -0.2) is 47.9 Å². The molecule has 2 atom stereocenters. The lowest BCUT2D eigenvalue weighted by Crippen LogP contribution is -2.51. The van der Waals surface area contributed by atoms with E-state index in [0.717, 1.165) is 22.3 Å². The first-order chi connectivity index (χ1) is 16.5. The number of ether oxygens (including phenoxy) is 1. The number of alkyl carbamates (subject to hydrolysis) is 1. The first-order valence-electron chi connectivity index (χ1n) is 11.3. The van der Waals surface area contributed by atoms with Gasteiger partial charge in [-0.15, -0.1) is 0 Å². The molecule has 1 aliphatic rings. The molecule has 2 aromatic carbocycles. The van der Waals surface area contributed by atoms with Crippen LogP contribution in [0.25, 0.3) is 11.1 Å². The molecule has 3 N–H and O–H groups in total. The highest BCUT2D eigenvalue weighted by molar-refractivity contribution is 5.86. The molecule has 188 valence electrons. The number of hydrogen-bond donors (Lipinski definition) is 3. The Labute approximate surface area is 200 Å². The van der Waals surface area contributed by atoms with Crippen LogP contribution >= 0.6 is 0 Å². The first kappa shape index (κ1) is 26.1. The highest BCUT2D eigenvalue weighted by atomic mass is 19.4. The van der Waals surface area contributed by atoms with Crippen LogP contribution in [0.1, 0.15) is 49.7 Å². The van der Waals surface area contributed by atoms with Gasteiger partial charge < -0.3 is 20.5 Å². The van der Waals surface area contributed by atoms with Gasteiger partial charge in [0, 0.05) is 18.4 Å². The van der Waals surface area contributed by atoms with Crippen LogP contribution in [0.4, 0.5) is 18.0 Å². The maximum Gasteiger partial charge on any atom is 0.407 e. The minimum Gasteiger partial charge on any atom is -0.481 e. The lowest BCUT2D eigenvalue weighted by Gasteiger charge is -2.22. The van der Waals surface area contributed by atoms with Crippen LogP contribution in [0.15, 0.2) is 48.5 Å². The van der Waals surface area contributed by atoms with Gasteiger partial charge in [-0.25, -0.2) is 4.79 Å². The zero-order valence-electron chi connectivity index (χ0n) is 19.1. The molecule has 0 spiro atoms. The second kappa shape index (κ2) is 11.2. The van der Waals surface area contributed by atoms with Gasteiger partial charge in [-0.05, 0) is 42.0 Å². The van der Waals surface area contributed by atoms with Crippen LogP contribution in [0.5, 0.6) is 0 Å². The van der Waals surface area contributed by atoms with Gasteiger partial charge in [-0.3, -0.25) is 9.59 Å². The normalized spacial score (nSPS) is 14.4. The molecule has 0 fully saturated rings. The fourth-order valence-electron chi connectivity index (χ4n) is 4.20. The molecule has 0 radical (unpaired) electrons. The second-order valence-electron chi connectivity index (χ2n) is 8.54. The van der Waals surface area contributed by atoms with Gasteiger partial charge in [0.1, 0.15) is 12.6 Å². The molecule has 0 bridgehead atoms. The molecule has 10 heteroatoms. The molecule has 1 aliphatic carbocycles. The molecule has 2 amide bonds. The van der Waals surface area contributed by atoms with Gasteiger partial charge in [-0.2, -0.15) is 13.2 Å². The Balaban J connectivity index is 1.62. The summed E-state index contributed by atoms with van der Waals surface area (Å²) >= 11 is 0. The number of hydrogen-bond acceptors (Lipinski definition) is 4. The van der Waals surface area contributed by atoms with Crippen molar-refractivity contribution in [3.05, 3.63) is 59.7 Å². The fraction of sp³-hybridized carbons (Fsp3) is 0.400. The SMILES string of the molecule is CC(CCCC(=O)O)NC(=O)C(CC(F)(F)F)NC(=O)OCC1c2ccccc2-c2ccccc21. The van der Waals surface area contributed by atoms with Crippen molar-refractivity contribution in [1.29, 1.82) is 0 Å². The molecule has 0 heterocycles. The third-order valence-electron chi connectivity index (χ3n) is 5.80. The standard InChI is InChI=1S/C25H27F3N2O5/c1-15(7-6-12-22(31)32)29-23(33)21(13-25(26,27)28)30-24(34)35-14-20-18-10-4-2-8-16(18)17-9-3-5-11-19(17)20/h2-5,8-11,15,20-21H,6-7,12-14H2,1H3,(H,29,33)(H,30,34)(H,31,32). The summed E-state index contributed by atoms with van der Waals surface area (Å²) < 4.78 is 44.5. The molecule has 2 aromatic rings. The maximum atomic E-state index is 13.1. The van der Waals surface area contributed by atoms with E-state index in [9.17, 15) is 27.6 Å². The highest BCUT2D eigenvalue weighted by Crippen LogP contribution is 2.44. The molecule has 7 nitrogen and oxygen atoms in total. The average molecular weight is 492 g/mol. The third kappa shape index (κ3) is 7.21. The Morgan fingerprint density at radius 2 is 1.57 bits per heavy atom. The van der Waals surface area contributed by atoms with E-state index in [4.69, 9.17) is 9.84 Å². The van der Waals surface area contributed by atoms with Crippen LogP contribution in [-0.2, 0) is 14.3 Å². The van der Waals surface area contributed by atoms with Crippen molar-refractivity contribution < 1.29 is 37.4 Å². The lowest BCUT2D eigenvalue weighted by atomic mass is 9.98.